The fourth-order valence-corrected chi connectivity index (χ4v) is 3.22. The van der Waals surface area contributed by atoms with Crippen molar-refractivity contribution in [3.63, 3.8) is 0 Å². The Labute approximate surface area is 117 Å². The van der Waals surface area contributed by atoms with Gasteiger partial charge in [0.15, 0.2) is 0 Å². The highest BCUT2D eigenvalue weighted by Crippen LogP contribution is 2.38. The summed E-state index contributed by atoms with van der Waals surface area (Å²) < 4.78 is 17.1. The maximum Gasteiger partial charge on any atom is 0.0729 e. The SMILES string of the molecule is CCCOCCC(N)C1CCOC2(CCOCC2)C1. The minimum atomic E-state index is 0.0586. The molecule has 2 unspecified atom stereocenters. The Balaban J connectivity index is 1.76. The third-order valence-electron chi connectivity index (χ3n) is 4.48. The number of rotatable bonds is 6. The minimum absolute atomic E-state index is 0.0586. The van der Waals surface area contributed by atoms with Gasteiger partial charge in [0.2, 0.25) is 0 Å². The highest BCUT2D eigenvalue weighted by atomic mass is 16.5. The Morgan fingerprint density at radius 2 is 2.05 bits per heavy atom. The average molecular weight is 271 g/mol. The summed E-state index contributed by atoms with van der Waals surface area (Å²) in [7, 11) is 0. The van der Waals surface area contributed by atoms with E-state index in [1.54, 1.807) is 0 Å². The van der Waals surface area contributed by atoms with Crippen LogP contribution in [0.2, 0.25) is 0 Å². The van der Waals surface area contributed by atoms with Crippen LogP contribution >= 0.6 is 0 Å². The fraction of sp³-hybridized carbons (Fsp3) is 1.00. The van der Waals surface area contributed by atoms with E-state index in [9.17, 15) is 0 Å². The van der Waals surface area contributed by atoms with Crippen molar-refractivity contribution < 1.29 is 14.2 Å². The van der Waals surface area contributed by atoms with Crippen molar-refractivity contribution >= 4 is 0 Å². The van der Waals surface area contributed by atoms with E-state index in [0.717, 1.165) is 71.6 Å². The molecule has 19 heavy (non-hydrogen) atoms. The van der Waals surface area contributed by atoms with E-state index in [4.69, 9.17) is 19.9 Å². The second kappa shape index (κ2) is 7.58. The van der Waals surface area contributed by atoms with Gasteiger partial charge in [0.25, 0.3) is 0 Å². The molecule has 2 rings (SSSR count). The Hall–Kier alpha value is -0.160. The fourth-order valence-electron chi connectivity index (χ4n) is 3.22. The lowest BCUT2D eigenvalue weighted by Gasteiger charge is -2.44. The molecule has 2 aliphatic rings. The molecular formula is C15H29NO3. The lowest BCUT2D eigenvalue weighted by Crippen LogP contribution is -2.48. The van der Waals surface area contributed by atoms with Gasteiger partial charge in [-0.15, -0.1) is 0 Å². The zero-order valence-corrected chi connectivity index (χ0v) is 12.2. The van der Waals surface area contributed by atoms with Gasteiger partial charge in [-0.05, 0) is 44.4 Å². The molecule has 2 N–H and O–H groups in total. The van der Waals surface area contributed by atoms with E-state index in [0.29, 0.717) is 5.92 Å². The first-order valence-corrected chi connectivity index (χ1v) is 7.81. The predicted molar refractivity (Wildman–Crippen MR) is 75.2 cm³/mol. The average Bonchev–Trinajstić information content (AvgIpc) is 2.44. The maximum absolute atomic E-state index is 6.35. The smallest absolute Gasteiger partial charge is 0.0729 e. The molecule has 4 nitrogen and oxygen atoms in total. The van der Waals surface area contributed by atoms with Crippen molar-refractivity contribution in [1.29, 1.82) is 0 Å². The summed E-state index contributed by atoms with van der Waals surface area (Å²) in [6, 6.07) is 0.250. The van der Waals surface area contributed by atoms with E-state index in [2.05, 4.69) is 6.92 Å². The van der Waals surface area contributed by atoms with Gasteiger partial charge in [-0.3, -0.25) is 0 Å². The number of hydrogen-bond acceptors (Lipinski definition) is 4. The molecule has 0 radical (unpaired) electrons. The van der Waals surface area contributed by atoms with Crippen LogP contribution in [-0.4, -0.2) is 44.7 Å². The van der Waals surface area contributed by atoms with Crippen molar-refractivity contribution in [3.05, 3.63) is 0 Å². The summed E-state index contributed by atoms with van der Waals surface area (Å²) >= 11 is 0. The molecule has 0 bridgehead atoms. The molecule has 0 saturated carbocycles. The van der Waals surface area contributed by atoms with Gasteiger partial charge in [0.05, 0.1) is 5.60 Å². The van der Waals surface area contributed by atoms with E-state index < -0.39 is 0 Å². The van der Waals surface area contributed by atoms with Crippen molar-refractivity contribution in [2.24, 2.45) is 11.7 Å². The van der Waals surface area contributed by atoms with Gasteiger partial charge in [-0.1, -0.05) is 6.92 Å². The zero-order chi connectivity index (χ0) is 13.6. The van der Waals surface area contributed by atoms with Crippen LogP contribution in [-0.2, 0) is 14.2 Å². The molecule has 0 aromatic heterocycles. The second-order valence-electron chi connectivity index (χ2n) is 5.96. The van der Waals surface area contributed by atoms with Gasteiger partial charge in [0.1, 0.15) is 0 Å². The van der Waals surface area contributed by atoms with Gasteiger partial charge in [-0.2, -0.15) is 0 Å². The number of nitrogens with two attached hydrogens (primary N) is 1. The normalized spacial score (nSPS) is 28.4. The van der Waals surface area contributed by atoms with E-state index in [1.807, 2.05) is 0 Å². The third-order valence-corrected chi connectivity index (χ3v) is 4.48. The van der Waals surface area contributed by atoms with Crippen LogP contribution in [0.5, 0.6) is 0 Å². The molecule has 2 aliphatic heterocycles. The molecule has 2 fully saturated rings. The predicted octanol–water partition coefficient (Wildman–Crippen LogP) is 2.11. The van der Waals surface area contributed by atoms with Crippen LogP contribution in [0.25, 0.3) is 0 Å². The molecule has 0 amide bonds. The topological polar surface area (TPSA) is 53.7 Å². The van der Waals surface area contributed by atoms with Crippen molar-refractivity contribution in [3.8, 4) is 0 Å². The standard InChI is InChI=1S/C15H29NO3/c1-2-7-17-8-4-14(16)13-3-9-19-15(12-13)5-10-18-11-6-15/h13-14H,2-12,16H2,1H3. The van der Waals surface area contributed by atoms with Gasteiger partial charge < -0.3 is 19.9 Å². The highest BCUT2D eigenvalue weighted by molar-refractivity contribution is 4.91. The molecule has 112 valence electrons. The Morgan fingerprint density at radius 1 is 1.26 bits per heavy atom. The quantitative estimate of drug-likeness (QED) is 0.752. The summed E-state index contributed by atoms with van der Waals surface area (Å²) in [4.78, 5) is 0. The molecule has 2 heterocycles. The van der Waals surface area contributed by atoms with Crippen LogP contribution in [0.1, 0.15) is 45.4 Å². The lowest BCUT2D eigenvalue weighted by molar-refractivity contribution is -0.149. The molecule has 4 heteroatoms. The Kier molecular flexibility index (Phi) is 6.07. The summed E-state index contributed by atoms with van der Waals surface area (Å²) in [6.45, 7) is 6.30. The first kappa shape index (κ1) is 15.2. The van der Waals surface area contributed by atoms with Crippen LogP contribution in [0.15, 0.2) is 0 Å². The largest absolute Gasteiger partial charge is 0.381 e. The monoisotopic (exact) mass is 271 g/mol. The van der Waals surface area contributed by atoms with Gasteiger partial charge in [0, 0.05) is 39.1 Å². The minimum Gasteiger partial charge on any atom is -0.381 e. The van der Waals surface area contributed by atoms with Crippen LogP contribution in [0, 0.1) is 5.92 Å². The number of hydrogen-bond donors (Lipinski definition) is 1. The van der Waals surface area contributed by atoms with Gasteiger partial charge >= 0.3 is 0 Å². The van der Waals surface area contributed by atoms with Gasteiger partial charge in [-0.25, -0.2) is 0 Å². The molecule has 2 saturated heterocycles. The highest BCUT2D eigenvalue weighted by Gasteiger charge is 2.40. The molecule has 0 aromatic rings. The van der Waals surface area contributed by atoms with E-state index in [-0.39, 0.29) is 11.6 Å². The molecule has 0 aromatic carbocycles. The maximum atomic E-state index is 6.35. The Morgan fingerprint density at radius 3 is 2.79 bits per heavy atom. The van der Waals surface area contributed by atoms with Crippen LogP contribution < -0.4 is 5.73 Å². The molecule has 0 aliphatic carbocycles. The third kappa shape index (κ3) is 4.42. The van der Waals surface area contributed by atoms with Crippen molar-refractivity contribution in [2.45, 2.75) is 57.1 Å². The van der Waals surface area contributed by atoms with Crippen LogP contribution in [0.3, 0.4) is 0 Å². The summed E-state index contributed by atoms with van der Waals surface area (Å²) in [5.74, 6) is 0.581. The van der Waals surface area contributed by atoms with Crippen molar-refractivity contribution in [2.75, 3.05) is 33.0 Å². The van der Waals surface area contributed by atoms with E-state index >= 15 is 0 Å². The summed E-state index contributed by atoms with van der Waals surface area (Å²) in [5.41, 5.74) is 6.41. The Bertz CT molecular complexity index is 248. The summed E-state index contributed by atoms with van der Waals surface area (Å²) in [6.07, 6.45) is 6.31. The first-order chi connectivity index (χ1) is 9.26. The molecule has 1 spiro atoms. The lowest BCUT2D eigenvalue weighted by atomic mass is 9.77. The van der Waals surface area contributed by atoms with Crippen molar-refractivity contribution in [1.82, 2.24) is 0 Å². The second-order valence-corrected chi connectivity index (χ2v) is 5.96. The number of ether oxygens (including phenoxy) is 3. The summed E-state index contributed by atoms with van der Waals surface area (Å²) in [5, 5.41) is 0. The molecular weight excluding hydrogens is 242 g/mol. The van der Waals surface area contributed by atoms with Crippen LogP contribution in [0.4, 0.5) is 0 Å². The van der Waals surface area contributed by atoms with E-state index in [1.165, 1.54) is 0 Å². The molecule has 2 atom stereocenters. The first-order valence-electron chi connectivity index (χ1n) is 7.81. The zero-order valence-electron chi connectivity index (χ0n) is 12.2.